The van der Waals surface area contributed by atoms with Gasteiger partial charge in [-0.15, -0.1) is 11.8 Å². The maximum atomic E-state index is 12.0. The number of aromatic nitrogens is 1. The average Bonchev–Trinajstić information content (AvgIpc) is 2.52. The van der Waals surface area contributed by atoms with Gasteiger partial charge in [-0.25, -0.2) is 0 Å². The van der Waals surface area contributed by atoms with Crippen molar-refractivity contribution >= 4 is 17.7 Å². The van der Waals surface area contributed by atoms with Crippen LogP contribution in [-0.4, -0.2) is 72.9 Å². The summed E-state index contributed by atoms with van der Waals surface area (Å²) in [6, 6.07) is 3.84. The lowest BCUT2D eigenvalue weighted by Gasteiger charge is -2.28. The van der Waals surface area contributed by atoms with E-state index in [4.69, 9.17) is 4.74 Å². The minimum atomic E-state index is 0.167. The normalized spacial score (nSPS) is 16.1. The summed E-state index contributed by atoms with van der Waals surface area (Å²) in [6.45, 7) is 5.23. The van der Waals surface area contributed by atoms with Crippen LogP contribution in [0.3, 0.4) is 0 Å². The number of amides is 1. The number of nitrogens with zero attached hydrogens (tertiary/aromatic N) is 3. The van der Waals surface area contributed by atoms with Crippen molar-refractivity contribution in [2.45, 2.75) is 4.90 Å². The minimum Gasteiger partial charge on any atom is -0.379 e. The van der Waals surface area contributed by atoms with Gasteiger partial charge in [-0.1, -0.05) is 0 Å². The van der Waals surface area contributed by atoms with Crippen LogP contribution >= 0.6 is 11.8 Å². The van der Waals surface area contributed by atoms with Gasteiger partial charge in [0.05, 0.1) is 19.0 Å². The largest absolute Gasteiger partial charge is 0.379 e. The van der Waals surface area contributed by atoms with Crippen molar-refractivity contribution in [3.8, 4) is 0 Å². The summed E-state index contributed by atoms with van der Waals surface area (Å²) in [4.78, 5) is 21.2. The van der Waals surface area contributed by atoms with E-state index in [1.54, 1.807) is 24.2 Å². The standard InChI is InChI=1S/C14H21N3O2S/c1-16(6-7-17-8-10-19-11-9-17)14(18)12-20-13-2-4-15-5-3-13/h2-5H,6-12H2,1H3. The lowest BCUT2D eigenvalue weighted by Crippen LogP contribution is -2.42. The molecule has 0 spiro atoms. The summed E-state index contributed by atoms with van der Waals surface area (Å²) in [5.74, 6) is 0.643. The zero-order valence-electron chi connectivity index (χ0n) is 11.8. The van der Waals surface area contributed by atoms with Crippen LogP contribution in [0.25, 0.3) is 0 Å². The van der Waals surface area contributed by atoms with Crippen LogP contribution in [0.1, 0.15) is 0 Å². The molecule has 0 N–H and O–H groups in total. The molecule has 1 aliphatic heterocycles. The molecule has 1 amide bonds. The second kappa shape index (κ2) is 8.24. The van der Waals surface area contributed by atoms with Crippen LogP contribution < -0.4 is 0 Å². The molecule has 0 unspecified atom stereocenters. The third-order valence-electron chi connectivity index (χ3n) is 3.29. The first-order valence-corrected chi connectivity index (χ1v) is 7.81. The molecule has 0 atom stereocenters. The summed E-state index contributed by atoms with van der Waals surface area (Å²) in [7, 11) is 1.87. The van der Waals surface area contributed by atoms with Gasteiger partial charge in [0.2, 0.25) is 5.91 Å². The Labute approximate surface area is 124 Å². The van der Waals surface area contributed by atoms with Gasteiger partial charge in [0, 0.05) is 50.5 Å². The molecular formula is C14H21N3O2S. The van der Waals surface area contributed by atoms with Crippen molar-refractivity contribution in [1.29, 1.82) is 0 Å². The number of carbonyl (C=O) groups is 1. The third kappa shape index (κ3) is 5.11. The molecule has 1 aromatic rings. The number of rotatable bonds is 6. The van der Waals surface area contributed by atoms with E-state index < -0.39 is 0 Å². The SMILES string of the molecule is CN(CCN1CCOCC1)C(=O)CSc1ccncc1. The highest BCUT2D eigenvalue weighted by Gasteiger charge is 2.13. The van der Waals surface area contributed by atoms with Crippen LogP contribution in [0.4, 0.5) is 0 Å². The smallest absolute Gasteiger partial charge is 0.232 e. The summed E-state index contributed by atoms with van der Waals surface area (Å²) in [6.07, 6.45) is 3.49. The van der Waals surface area contributed by atoms with Gasteiger partial charge in [-0.3, -0.25) is 14.7 Å². The monoisotopic (exact) mass is 295 g/mol. The Hall–Kier alpha value is -1.11. The van der Waals surface area contributed by atoms with Crippen LogP contribution in [0.5, 0.6) is 0 Å². The molecule has 20 heavy (non-hydrogen) atoms. The molecule has 0 bridgehead atoms. The predicted octanol–water partition coefficient (Wildman–Crippen LogP) is 0.964. The Morgan fingerprint density at radius 3 is 2.80 bits per heavy atom. The predicted molar refractivity (Wildman–Crippen MR) is 79.9 cm³/mol. The maximum Gasteiger partial charge on any atom is 0.232 e. The highest BCUT2D eigenvalue weighted by atomic mass is 32.2. The van der Waals surface area contributed by atoms with Gasteiger partial charge in [-0.2, -0.15) is 0 Å². The number of ether oxygens (including phenoxy) is 1. The fourth-order valence-corrected chi connectivity index (χ4v) is 2.76. The highest BCUT2D eigenvalue weighted by Crippen LogP contribution is 2.16. The molecular weight excluding hydrogens is 274 g/mol. The summed E-state index contributed by atoms with van der Waals surface area (Å²) < 4.78 is 5.31. The van der Waals surface area contributed by atoms with Crippen molar-refractivity contribution in [2.75, 3.05) is 52.2 Å². The van der Waals surface area contributed by atoms with Gasteiger partial charge in [0.1, 0.15) is 0 Å². The molecule has 0 saturated carbocycles. The molecule has 1 aromatic heterocycles. The topological polar surface area (TPSA) is 45.7 Å². The van der Waals surface area contributed by atoms with E-state index in [0.717, 1.165) is 44.3 Å². The Bertz CT molecular complexity index is 410. The van der Waals surface area contributed by atoms with E-state index >= 15 is 0 Å². The first kappa shape index (κ1) is 15.3. The second-order valence-electron chi connectivity index (χ2n) is 4.74. The number of thioether (sulfide) groups is 1. The molecule has 0 aliphatic carbocycles. The van der Waals surface area contributed by atoms with Crippen LogP contribution in [-0.2, 0) is 9.53 Å². The van der Waals surface area contributed by atoms with Gasteiger partial charge in [-0.05, 0) is 12.1 Å². The van der Waals surface area contributed by atoms with Crippen molar-refractivity contribution in [3.63, 3.8) is 0 Å². The highest BCUT2D eigenvalue weighted by molar-refractivity contribution is 8.00. The van der Waals surface area contributed by atoms with Crippen LogP contribution in [0.15, 0.2) is 29.4 Å². The Morgan fingerprint density at radius 1 is 1.40 bits per heavy atom. The fraction of sp³-hybridized carbons (Fsp3) is 0.571. The van der Waals surface area contributed by atoms with Crippen molar-refractivity contribution in [3.05, 3.63) is 24.5 Å². The van der Waals surface area contributed by atoms with Gasteiger partial charge in [0.25, 0.3) is 0 Å². The van der Waals surface area contributed by atoms with Gasteiger partial charge >= 0.3 is 0 Å². The quantitative estimate of drug-likeness (QED) is 0.732. The number of pyridine rings is 1. The fourth-order valence-electron chi connectivity index (χ4n) is 1.93. The van der Waals surface area contributed by atoms with Crippen molar-refractivity contribution < 1.29 is 9.53 Å². The molecule has 5 nitrogen and oxygen atoms in total. The van der Waals surface area contributed by atoms with Crippen LogP contribution in [0, 0.1) is 0 Å². The first-order valence-electron chi connectivity index (χ1n) is 6.82. The molecule has 1 saturated heterocycles. The van der Waals surface area contributed by atoms with Gasteiger partial charge in [0.15, 0.2) is 0 Å². The van der Waals surface area contributed by atoms with Crippen molar-refractivity contribution in [2.24, 2.45) is 0 Å². The minimum absolute atomic E-state index is 0.167. The van der Waals surface area contributed by atoms with E-state index in [2.05, 4.69) is 9.88 Å². The Balaban J connectivity index is 1.66. The van der Waals surface area contributed by atoms with Gasteiger partial charge < -0.3 is 9.64 Å². The summed E-state index contributed by atoms with van der Waals surface area (Å²) in [5.41, 5.74) is 0. The lowest BCUT2D eigenvalue weighted by molar-refractivity contribution is -0.127. The van der Waals surface area contributed by atoms with Crippen molar-refractivity contribution in [1.82, 2.24) is 14.8 Å². The number of carbonyl (C=O) groups excluding carboxylic acids is 1. The average molecular weight is 295 g/mol. The zero-order valence-corrected chi connectivity index (χ0v) is 12.6. The second-order valence-corrected chi connectivity index (χ2v) is 5.79. The summed E-state index contributed by atoms with van der Waals surface area (Å²) in [5, 5.41) is 0. The van der Waals surface area contributed by atoms with Crippen LogP contribution in [0.2, 0.25) is 0 Å². The zero-order chi connectivity index (χ0) is 14.2. The molecule has 6 heteroatoms. The Morgan fingerprint density at radius 2 is 2.10 bits per heavy atom. The third-order valence-corrected chi connectivity index (χ3v) is 4.29. The number of morpholine rings is 1. The maximum absolute atomic E-state index is 12.0. The van der Waals surface area contributed by atoms with E-state index in [-0.39, 0.29) is 5.91 Å². The number of hydrogen-bond acceptors (Lipinski definition) is 5. The molecule has 2 rings (SSSR count). The molecule has 0 radical (unpaired) electrons. The Kier molecular flexibility index (Phi) is 6.29. The molecule has 0 aromatic carbocycles. The van der Waals surface area contributed by atoms with E-state index in [1.807, 2.05) is 24.1 Å². The molecule has 1 aliphatic rings. The number of hydrogen-bond donors (Lipinski definition) is 0. The first-order chi connectivity index (χ1) is 9.75. The number of likely N-dealkylation sites (N-methyl/N-ethyl adjacent to an activating group) is 1. The molecule has 2 heterocycles. The molecule has 1 fully saturated rings. The lowest BCUT2D eigenvalue weighted by atomic mass is 10.4. The molecule has 110 valence electrons. The van der Waals surface area contributed by atoms with E-state index in [0.29, 0.717) is 5.75 Å². The van der Waals surface area contributed by atoms with E-state index in [1.165, 1.54) is 0 Å². The summed E-state index contributed by atoms with van der Waals surface area (Å²) >= 11 is 1.55. The van der Waals surface area contributed by atoms with E-state index in [9.17, 15) is 4.79 Å².